The molecule has 0 atom stereocenters. The summed E-state index contributed by atoms with van der Waals surface area (Å²) in [5.41, 5.74) is 7.26. The Kier molecular flexibility index (Phi) is 7.43. The van der Waals surface area contributed by atoms with Crippen molar-refractivity contribution >= 4 is 20.0 Å². The van der Waals surface area contributed by atoms with E-state index >= 15 is 0 Å². The normalized spacial score (nSPS) is 12.0. The fraction of sp³-hybridized carbons (Fsp3) is 0.111. The van der Waals surface area contributed by atoms with Crippen LogP contribution in [0.5, 0.6) is 0 Å². The molecular weight excluding hydrogens is 589 g/mol. The molecule has 0 saturated heterocycles. The van der Waals surface area contributed by atoms with E-state index in [4.69, 9.17) is 0 Å². The van der Waals surface area contributed by atoms with E-state index in [-0.39, 0.29) is 9.79 Å². The van der Waals surface area contributed by atoms with E-state index in [0.717, 1.165) is 22.3 Å². The van der Waals surface area contributed by atoms with Gasteiger partial charge in [-0.05, 0) is 63.1 Å². The summed E-state index contributed by atoms with van der Waals surface area (Å²) in [6.07, 6.45) is 3.24. The van der Waals surface area contributed by atoms with Gasteiger partial charge in [0.05, 0.1) is 9.79 Å². The first-order valence-electron chi connectivity index (χ1n) is 14.2. The first kappa shape index (κ1) is 29.4. The number of aryl methyl sites for hydroxylation is 2. The highest BCUT2D eigenvalue weighted by Gasteiger charge is 2.30. The SMILES string of the molecule is Cc1ccc(S(=O)(=O)n2cc(-c3cn(S(=O)(=O)c4ccc(C)cc4)c(C)c3-c3ccccc3)c(-c3ccccc3)c2C)cc1. The second kappa shape index (κ2) is 11.1. The monoisotopic (exact) mass is 620 g/mol. The van der Waals surface area contributed by atoms with Crippen LogP contribution in [0.1, 0.15) is 22.5 Å². The lowest BCUT2D eigenvalue weighted by Crippen LogP contribution is -2.13. The molecule has 222 valence electrons. The van der Waals surface area contributed by atoms with Crippen LogP contribution >= 0.6 is 0 Å². The van der Waals surface area contributed by atoms with Gasteiger partial charge in [0.15, 0.2) is 0 Å². The van der Waals surface area contributed by atoms with Gasteiger partial charge < -0.3 is 0 Å². The highest BCUT2D eigenvalue weighted by atomic mass is 32.2. The molecule has 8 heteroatoms. The van der Waals surface area contributed by atoms with E-state index in [2.05, 4.69) is 0 Å². The molecular formula is C36H32N2O4S2. The van der Waals surface area contributed by atoms with Gasteiger partial charge in [0, 0.05) is 46.0 Å². The fourth-order valence-electron chi connectivity index (χ4n) is 5.66. The van der Waals surface area contributed by atoms with Crippen molar-refractivity contribution < 1.29 is 16.8 Å². The molecule has 6 aromatic rings. The van der Waals surface area contributed by atoms with E-state index in [1.54, 1.807) is 74.8 Å². The molecule has 0 amide bonds. The van der Waals surface area contributed by atoms with Crippen molar-refractivity contribution in [2.24, 2.45) is 0 Å². The second-order valence-electron chi connectivity index (χ2n) is 11.0. The Balaban J connectivity index is 1.68. The van der Waals surface area contributed by atoms with E-state index in [1.165, 1.54) is 7.94 Å². The standard InChI is InChI=1S/C36H32N2O4S2/c1-25-15-19-31(20-16-25)43(39,40)37-23-33(35(27(37)3)29-11-7-5-8-12-29)34-24-38(28(4)36(34)30-13-9-6-10-14-30)44(41,42)32-21-17-26(2)18-22-32/h5-24H,1-4H3. The van der Waals surface area contributed by atoms with E-state index in [9.17, 15) is 16.8 Å². The third-order valence-electron chi connectivity index (χ3n) is 7.99. The first-order chi connectivity index (χ1) is 21.0. The van der Waals surface area contributed by atoms with Gasteiger partial charge in [0.1, 0.15) is 0 Å². The number of nitrogens with zero attached hydrogens (tertiary/aromatic N) is 2. The van der Waals surface area contributed by atoms with Gasteiger partial charge in [-0.15, -0.1) is 0 Å². The molecule has 0 aliphatic carbocycles. The van der Waals surface area contributed by atoms with Crippen LogP contribution in [-0.4, -0.2) is 24.8 Å². The van der Waals surface area contributed by atoms with Gasteiger partial charge in [-0.1, -0.05) is 96.1 Å². The molecule has 0 spiro atoms. The Bertz CT molecular complexity index is 2030. The molecule has 0 fully saturated rings. The lowest BCUT2D eigenvalue weighted by atomic mass is 9.93. The summed E-state index contributed by atoms with van der Waals surface area (Å²) in [4.78, 5) is 0.345. The highest BCUT2D eigenvalue weighted by molar-refractivity contribution is 7.90. The van der Waals surface area contributed by atoms with Gasteiger partial charge in [0.2, 0.25) is 0 Å². The molecule has 0 saturated carbocycles. The largest absolute Gasteiger partial charge is 0.267 e. The highest BCUT2D eigenvalue weighted by Crippen LogP contribution is 2.44. The third-order valence-corrected chi connectivity index (χ3v) is 11.5. The van der Waals surface area contributed by atoms with Crippen LogP contribution in [0.3, 0.4) is 0 Å². The maximum Gasteiger partial charge on any atom is 0.267 e. The van der Waals surface area contributed by atoms with Crippen molar-refractivity contribution in [1.29, 1.82) is 0 Å². The molecule has 0 aliphatic rings. The van der Waals surface area contributed by atoms with Crippen molar-refractivity contribution in [2.45, 2.75) is 37.5 Å². The summed E-state index contributed by atoms with van der Waals surface area (Å²) < 4.78 is 58.8. The molecule has 2 aromatic heterocycles. The van der Waals surface area contributed by atoms with Crippen LogP contribution < -0.4 is 0 Å². The van der Waals surface area contributed by atoms with Crippen molar-refractivity contribution in [3.8, 4) is 33.4 Å². The lowest BCUT2D eigenvalue weighted by molar-refractivity contribution is 0.584. The van der Waals surface area contributed by atoms with Gasteiger partial charge in [0.25, 0.3) is 20.0 Å². The topological polar surface area (TPSA) is 78.1 Å². The molecule has 6 nitrogen and oxygen atoms in total. The minimum Gasteiger partial charge on any atom is -0.245 e. The Morgan fingerprint density at radius 1 is 0.432 bits per heavy atom. The molecule has 4 aromatic carbocycles. The van der Waals surface area contributed by atoms with Crippen LogP contribution in [0.2, 0.25) is 0 Å². The summed E-state index contributed by atoms with van der Waals surface area (Å²) in [6, 6.07) is 32.7. The predicted octanol–water partition coefficient (Wildman–Crippen LogP) is 8.00. The molecule has 0 bridgehead atoms. The third kappa shape index (κ3) is 5.00. The van der Waals surface area contributed by atoms with E-state index in [0.29, 0.717) is 33.6 Å². The molecule has 0 unspecified atom stereocenters. The first-order valence-corrected chi connectivity index (χ1v) is 17.1. The van der Waals surface area contributed by atoms with Gasteiger partial charge in [-0.3, -0.25) is 0 Å². The molecule has 0 N–H and O–H groups in total. The van der Waals surface area contributed by atoms with E-state index < -0.39 is 20.0 Å². The Labute approximate surface area is 259 Å². The van der Waals surface area contributed by atoms with Crippen LogP contribution in [0.25, 0.3) is 33.4 Å². The number of hydrogen-bond donors (Lipinski definition) is 0. The number of aromatic nitrogens is 2. The van der Waals surface area contributed by atoms with Crippen LogP contribution in [-0.2, 0) is 20.0 Å². The van der Waals surface area contributed by atoms with Crippen molar-refractivity contribution in [3.63, 3.8) is 0 Å². The van der Waals surface area contributed by atoms with Crippen LogP contribution in [0.15, 0.2) is 131 Å². The lowest BCUT2D eigenvalue weighted by Gasteiger charge is -2.10. The number of rotatable bonds is 7. The predicted molar refractivity (Wildman–Crippen MR) is 176 cm³/mol. The summed E-state index contributed by atoms with van der Waals surface area (Å²) in [6.45, 7) is 7.39. The zero-order valence-electron chi connectivity index (χ0n) is 24.9. The van der Waals surface area contributed by atoms with Gasteiger partial charge in [-0.25, -0.2) is 24.8 Å². The average molecular weight is 621 g/mol. The van der Waals surface area contributed by atoms with Crippen molar-refractivity contribution in [2.75, 3.05) is 0 Å². The molecule has 2 heterocycles. The van der Waals surface area contributed by atoms with Gasteiger partial charge in [-0.2, -0.15) is 0 Å². The summed E-state index contributed by atoms with van der Waals surface area (Å²) >= 11 is 0. The molecule has 0 radical (unpaired) electrons. The Hall–Kier alpha value is -4.66. The molecule has 6 rings (SSSR count). The average Bonchev–Trinajstić information content (AvgIpc) is 3.56. The molecule has 0 aliphatic heterocycles. The van der Waals surface area contributed by atoms with Crippen LogP contribution in [0.4, 0.5) is 0 Å². The zero-order valence-corrected chi connectivity index (χ0v) is 26.5. The van der Waals surface area contributed by atoms with E-state index in [1.807, 2.05) is 74.5 Å². The number of hydrogen-bond acceptors (Lipinski definition) is 4. The van der Waals surface area contributed by atoms with Crippen molar-refractivity contribution in [3.05, 3.63) is 144 Å². The quantitative estimate of drug-likeness (QED) is 0.181. The maximum absolute atomic E-state index is 14.1. The Morgan fingerprint density at radius 2 is 0.750 bits per heavy atom. The van der Waals surface area contributed by atoms with Crippen LogP contribution in [0, 0.1) is 27.7 Å². The smallest absolute Gasteiger partial charge is 0.245 e. The van der Waals surface area contributed by atoms with Crippen molar-refractivity contribution in [1.82, 2.24) is 7.94 Å². The minimum absolute atomic E-state index is 0.173. The molecule has 44 heavy (non-hydrogen) atoms. The summed E-state index contributed by atoms with van der Waals surface area (Å²) in [7, 11) is -7.94. The summed E-state index contributed by atoms with van der Waals surface area (Å²) in [5, 5.41) is 0. The zero-order chi connectivity index (χ0) is 31.2. The number of benzene rings is 4. The second-order valence-corrected chi connectivity index (χ2v) is 14.6. The van der Waals surface area contributed by atoms with Gasteiger partial charge >= 0.3 is 0 Å². The fourth-order valence-corrected chi connectivity index (χ4v) is 8.47. The Morgan fingerprint density at radius 3 is 1.07 bits per heavy atom. The summed E-state index contributed by atoms with van der Waals surface area (Å²) in [5.74, 6) is 0. The minimum atomic E-state index is -3.97. The maximum atomic E-state index is 14.1.